The van der Waals surface area contributed by atoms with Crippen molar-refractivity contribution in [1.82, 2.24) is 20.1 Å². The number of aryl methyl sites for hydroxylation is 2. The molecule has 0 saturated carbocycles. The zero-order valence-electron chi connectivity index (χ0n) is 11.5. The van der Waals surface area contributed by atoms with Crippen LogP contribution in [-0.2, 0) is 7.05 Å². The quantitative estimate of drug-likeness (QED) is 0.844. The van der Waals surface area contributed by atoms with Crippen molar-refractivity contribution in [2.24, 2.45) is 18.7 Å². The largest absolute Gasteiger partial charge is 0.352 e. The van der Waals surface area contributed by atoms with Crippen molar-refractivity contribution in [3.05, 3.63) is 23.5 Å². The van der Waals surface area contributed by atoms with Crippen molar-refractivity contribution < 1.29 is 4.79 Å². The van der Waals surface area contributed by atoms with Gasteiger partial charge in [-0.15, -0.1) is 0 Å². The van der Waals surface area contributed by atoms with Crippen molar-refractivity contribution in [2.75, 3.05) is 13.1 Å². The maximum absolute atomic E-state index is 12.0. The van der Waals surface area contributed by atoms with E-state index in [1.165, 1.54) is 0 Å². The summed E-state index contributed by atoms with van der Waals surface area (Å²) in [6.45, 7) is 5.02. The van der Waals surface area contributed by atoms with Crippen molar-refractivity contribution in [1.29, 1.82) is 0 Å². The Hall–Kier alpha value is -1.95. The van der Waals surface area contributed by atoms with Gasteiger partial charge in [-0.05, 0) is 25.5 Å². The van der Waals surface area contributed by atoms with Crippen LogP contribution in [0.15, 0.2) is 12.3 Å². The van der Waals surface area contributed by atoms with Crippen molar-refractivity contribution >= 4 is 16.9 Å². The van der Waals surface area contributed by atoms with Crippen molar-refractivity contribution in [2.45, 2.75) is 13.8 Å². The van der Waals surface area contributed by atoms with Gasteiger partial charge in [-0.1, -0.05) is 6.92 Å². The Bertz CT molecular complexity index is 604. The lowest BCUT2D eigenvalue weighted by Crippen LogP contribution is -2.31. The monoisotopic (exact) mass is 261 g/mol. The molecule has 0 bridgehead atoms. The molecule has 1 amide bonds. The lowest BCUT2D eigenvalue weighted by Gasteiger charge is -2.09. The SMILES string of the molecule is Cc1nn(C)c2ncc(C(=O)NCC(C)CN)cc12. The number of aromatic nitrogens is 3. The molecule has 2 rings (SSSR count). The van der Waals surface area contributed by atoms with Gasteiger partial charge in [0.25, 0.3) is 5.91 Å². The van der Waals surface area contributed by atoms with E-state index in [2.05, 4.69) is 15.4 Å². The summed E-state index contributed by atoms with van der Waals surface area (Å²) < 4.78 is 1.71. The van der Waals surface area contributed by atoms with Crippen LogP contribution in [0.2, 0.25) is 0 Å². The smallest absolute Gasteiger partial charge is 0.252 e. The first-order valence-electron chi connectivity index (χ1n) is 6.30. The maximum atomic E-state index is 12.0. The first kappa shape index (κ1) is 13.5. The van der Waals surface area contributed by atoms with Crippen LogP contribution in [0.1, 0.15) is 23.0 Å². The number of pyridine rings is 1. The molecule has 2 aromatic rings. The van der Waals surface area contributed by atoms with Crippen LogP contribution in [0.5, 0.6) is 0 Å². The highest BCUT2D eigenvalue weighted by Gasteiger charge is 2.12. The molecule has 2 heterocycles. The Kier molecular flexibility index (Phi) is 3.80. The number of amides is 1. The molecule has 0 aliphatic heterocycles. The summed E-state index contributed by atoms with van der Waals surface area (Å²) in [5, 5.41) is 8.04. The van der Waals surface area contributed by atoms with E-state index < -0.39 is 0 Å². The Morgan fingerprint density at radius 1 is 1.58 bits per heavy atom. The second kappa shape index (κ2) is 5.36. The van der Waals surface area contributed by atoms with E-state index in [4.69, 9.17) is 5.73 Å². The third kappa shape index (κ3) is 2.73. The molecule has 19 heavy (non-hydrogen) atoms. The number of carbonyl (C=O) groups excluding carboxylic acids is 1. The summed E-state index contributed by atoms with van der Waals surface area (Å²) >= 11 is 0. The van der Waals surface area contributed by atoms with Crippen LogP contribution in [0, 0.1) is 12.8 Å². The van der Waals surface area contributed by atoms with Gasteiger partial charge in [0.05, 0.1) is 11.3 Å². The number of nitrogens with zero attached hydrogens (tertiary/aromatic N) is 3. The highest BCUT2D eigenvalue weighted by Crippen LogP contribution is 2.16. The second-order valence-corrected chi connectivity index (χ2v) is 4.86. The average molecular weight is 261 g/mol. The third-order valence-corrected chi connectivity index (χ3v) is 3.14. The molecule has 0 saturated heterocycles. The topological polar surface area (TPSA) is 85.8 Å². The standard InChI is InChI=1S/C13H19N5O/c1-8(5-14)6-16-13(19)10-4-11-9(2)17-18(3)12(11)15-7-10/h4,7-8H,5-6,14H2,1-3H3,(H,16,19). The van der Waals surface area contributed by atoms with Crippen molar-refractivity contribution in [3.8, 4) is 0 Å². The molecule has 2 aromatic heterocycles. The van der Waals surface area contributed by atoms with E-state index >= 15 is 0 Å². The van der Waals surface area contributed by atoms with Crippen LogP contribution in [-0.4, -0.2) is 33.8 Å². The van der Waals surface area contributed by atoms with Crippen molar-refractivity contribution in [3.63, 3.8) is 0 Å². The van der Waals surface area contributed by atoms with E-state index in [0.29, 0.717) is 18.7 Å². The highest BCUT2D eigenvalue weighted by atomic mass is 16.1. The molecular weight excluding hydrogens is 242 g/mol. The Labute approximate surface area is 112 Å². The molecule has 1 unspecified atom stereocenters. The zero-order chi connectivity index (χ0) is 14.0. The molecule has 3 N–H and O–H groups in total. The number of nitrogens with one attached hydrogen (secondary N) is 1. The normalized spacial score (nSPS) is 12.6. The number of nitrogens with two attached hydrogens (primary N) is 1. The maximum Gasteiger partial charge on any atom is 0.252 e. The van der Waals surface area contributed by atoms with E-state index in [0.717, 1.165) is 16.7 Å². The Balaban J connectivity index is 2.21. The Morgan fingerprint density at radius 2 is 2.32 bits per heavy atom. The second-order valence-electron chi connectivity index (χ2n) is 4.86. The number of hydrogen-bond donors (Lipinski definition) is 2. The van der Waals surface area contributed by atoms with Gasteiger partial charge >= 0.3 is 0 Å². The minimum atomic E-state index is -0.127. The fourth-order valence-electron chi connectivity index (χ4n) is 1.88. The predicted molar refractivity (Wildman–Crippen MR) is 73.8 cm³/mol. The van der Waals surface area contributed by atoms with Crippen LogP contribution in [0.25, 0.3) is 11.0 Å². The summed E-state index contributed by atoms with van der Waals surface area (Å²) in [5.74, 6) is 0.138. The number of carbonyl (C=O) groups is 1. The molecule has 0 spiro atoms. The molecule has 6 nitrogen and oxygen atoms in total. The summed E-state index contributed by atoms with van der Waals surface area (Å²) in [6, 6.07) is 1.83. The minimum absolute atomic E-state index is 0.127. The third-order valence-electron chi connectivity index (χ3n) is 3.14. The molecule has 1 atom stereocenters. The summed E-state index contributed by atoms with van der Waals surface area (Å²) in [7, 11) is 1.84. The van der Waals surface area contributed by atoms with E-state index in [1.54, 1.807) is 10.9 Å². The summed E-state index contributed by atoms with van der Waals surface area (Å²) in [4.78, 5) is 16.3. The van der Waals surface area contributed by atoms with E-state index in [1.807, 2.05) is 27.0 Å². The summed E-state index contributed by atoms with van der Waals surface area (Å²) in [5.41, 5.74) is 7.72. The molecule has 0 radical (unpaired) electrons. The molecule has 6 heteroatoms. The van der Waals surface area contributed by atoms with Gasteiger partial charge in [-0.3, -0.25) is 9.48 Å². The molecular formula is C13H19N5O. The number of hydrogen-bond acceptors (Lipinski definition) is 4. The van der Waals surface area contributed by atoms with Gasteiger partial charge in [0, 0.05) is 25.2 Å². The van der Waals surface area contributed by atoms with Crippen LogP contribution in [0.4, 0.5) is 0 Å². The van der Waals surface area contributed by atoms with Crippen LogP contribution in [0.3, 0.4) is 0 Å². The van der Waals surface area contributed by atoms with Gasteiger partial charge in [0.1, 0.15) is 0 Å². The van der Waals surface area contributed by atoms with Gasteiger partial charge < -0.3 is 11.1 Å². The highest BCUT2D eigenvalue weighted by molar-refractivity contribution is 5.97. The molecule has 0 fully saturated rings. The molecule has 0 aliphatic rings. The van der Waals surface area contributed by atoms with E-state index in [-0.39, 0.29) is 11.8 Å². The average Bonchev–Trinajstić information content (AvgIpc) is 2.70. The number of fused-ring (bicyclic) bond motifs is 1. The lowest BCUT2D eigenvalue weighted by atomic mass is 10.1. The molecule has 0 aromatic carbocycles. The van der Waals surface area contributed by atoms with Crippen LogP contribution < -0.4 is 11.1 Å². The first-order chi connectivity index (χ1) is 9.02. The summed E-state index contributed by atoms with van der Waals surface area (Å²) in [6.07, 6.45) is 1.58. The predicted octanol–water partition coefficient (Wildman–Crippen LogP) is 0.601. The van der Waals surface area contributed by atoms with Gasteiger partial charge in [0.2, 0.25) is 0 Å². The van der Waals surface area contributed by atoms with Crippen LogP contribution >= 0.6 is 0 Å². The zero-order valence-corrected chi connectivity index (χ0v) is 11.5. The lowest BCUT2D eigenvalue weighted by molar-refractivity contribution is 0.0948. The van der Waals surface area contributed by atoms with Gasteiger partial charge in [0.15, 0.2) is 5.65 Å². The fourth-order valence-corrected chi connectivity index (χ4v) is 1.88. The van der Waals surface area contributed by atoms with E-state index in [9.17, 15) is 4.79 Å². The number of rotatable bonds is 4. The van der Waals surface area contributed by atoms with Gasteiger partial charge in [-0.25, -0.2) is 4.98 Å². The van der Waals surface area contributed by atoms with Gasteiger partial charge in [-0.2, -0.15) is 5.10 Å². The molecule has 0 aliphatic carbocycles. The Morgan fingerprint density at radius 3 is 3.00 bits per heavy atom. The fraction of sp³-hybridized carbons (Fsp3) is 0.462. The molecule has 102 valence electrons. The minimum Gasteiger partial charge on any atom is -0.352 e. The first-order valence-corrected chi connectivity index (χ1v) is 6.30.